The van der Waals surface area contributed by atoms with E-state index >= 15 is 0 Å². The molecule has 146 valence electrons. The summed E-state index contributed by atoms with van der Waals surface area (Å²) in [6.07, 6.45) is 3.98. The van der Waals surface area contributed by atoms with Crippen molar-refractivity contribution in [1.29, 1.82) is 0 Å². The third-order valence-electron chi connectivity index (χ3n) is 6.19. The highest BCUT2D eigenvalue weighted by Gasteiger charge is 2.41. The van der Waals surface area contributed by atoms with E-state index in [4.69, 9.17) is 8.42 Å². The average Bonchev–Trinajstić information content (AvgIpc) is 3.40. The zero-order valence-corrected chi connectivity index (χ0v) is 16.6. The number of piperidine rings is 1. The molecule has 0 bridgehead atoms. The molecular formula is C19H32N4O2S. The lowest BCUT2D eigenvalue weighted by Crippen LogP contribution is -2.65. The van der Waals surface area contributed by atoms with E-state index in [0.717, 1.165) is 30.1 Å². The van der Waals surface area contributed by atoms with Gasteiger partial charge in [0, 0.05) is 49.7 Å². The van der Waals surface area contributed by atoms with Gasteiger partial charge in [0.1, 0.15) is 0 Å². The molecule has 3 fully saturated rings. The molecule has 2 saturated heterocycles. The summed E-state index contributed by atoms with van der Waals surface area (Å²) in [6.45, 7) is 6.19. The van der Waals surface area contributed by atoms with Gasteiger partial charge in [-0.15, -0.1) is 0 Å². The summed E-state index contributed by atoms with van der Waals surface area (Å²) in [7, 11) is -0.378. The van der Waals surface area contributed by atoms with Crippen LogP contribution in [-0.2, 0) is 10.9 Å². The van der Waals surface area contributed by atoms with Crippen LogP contribution in [0, 0.1) is 0 Å². The zero-order valence-electron chi connectivity index (χ0n) is 15.8. The Hall–Kier alpha value is -0.990. The first-order valence-corrected chi connectivity index (χ1v) is 10.8. The van der Waals surface area contributed by atoms with Gasteiger partial charge >= 0.3 is 0 Å². The van der Waals surface area contributed by atoms with Gasteiger partial charge < -0.3 is 10.2 Å². The number of hydrogen-bond acceptors (Lipinski definition) is 5. The van der Waals surface area contributed by atoms with Gasteiger partial charge in [-0.1, -0.05) is 30.3 Å². The molecule has 1 aliphatic carbocycles. The molecule has 1 aromatic rings. The normalized spacial score (nSPS) is 32.6. The molecule has 0 spiro atoms. The minimum absolute atomic E-state index is 0.729. The average molecular weight is 381 g/mol. The zero-order chi connectivity index (χ0) is 18.7. The SMILES string of the molecule is CC1C(N2CCC(N[C@@H]3C[C@H]3c3ccccc3)CC2)CN1C.N[SH](=O)=O. The first-order valence-electron chi connectivity index (χ1n) is 9.60. The maximum atomic E-state index is 8.81. The van der Waals surface area contributed by atoms with Crippen LogP contribution in [0.4, 0.5) is 0 Å². The smallest absolute Gasteiger partial charge is 0.198 e. The molecule has 2 unspecified atom stereocenters. The summed E-state index contributed by atoms with van der Waals surface area (Å²) in [6, 6.07) is 14.0. The Bertz CT molecular complexity index is 638. The van der Waals surface area contributed by atoms with Crippen LogP contribution in [0.2, 0.25) is 0 Å². The van der Waals surface area contributed by atoms with Gasteiger partial charge in [0.05, 0.1) is 0 Å². The molecule has 0 amide bonds. The maximum Gasteiger partial charge on any atom is 0.198 e. The second kappa shape index (κ2) is 8.80. The summed E-state index contributed by atoms with van der Waals surface area (Å²) in [5.74, 6) is 0.763. The highest BCUT2D eigenvalue weighted by Crippen LogP contribution is 2.41. The summed E-state index contributed by atoms with van der Waals surface area (Å²) >= 11 is 0. The van der Waals surface area contributed by atoms with E-state index in [1.54, 1.807) is 0 Å². The Labute approximate surface area is 158 Å². The van der Waals surface area contributed by atoms with Gasteiger partial charge in [0.15, 0.2) is 10.9 Å². The van der Waals surface area contributed by atoms with Gasteiger partial charge in [-0.3, -0.25) is 4.90 Å². The van der Waals surface area contributed by atoms with E-state index in [1.807, 2.05) is 0 Å². The van der Waals surface area contributed by atoms with Crippen molar-refractivity contribution >= 4 is 10.9 Å². The third kappa shape index (κ3) is 5.04. The number of rotatable bonds is 4. The quantitative estimate of drug-likeness (QED) is 0.673. The molecule has 6 nitrogen and oxygen atoms in total. The van der Waals surface area contributed by atoms with Crippen LogP contribution in [0.25, 0.3) is 0 Å². The predicted molar refractivity (Wildman–Crippen MR) is 106 cm³/mol. The number of nitrogens with one attached hydrogen (secondary N) is 1. The number of benzene rings is 1. The molecule has 4 rings (SSSR count). The molecule has 26 heavy (non-hydrogen) atoms. The lowest BCUT2D eigenvalue weighted by atomic mass is 9.94. The minimum Gasteiger partial charge on any atom is -0.311 e. The van der Waals surface area contributed by atoms with Gasteiger partial charge in [0.2, 0.25) is 0 Å². The van der Waals surface area contributed by atoms with Crippen LogP contribution in [0.1, 0.15) is 37.7 Å². The fourth-order valence-electron chi connectivity index (χ4n) is 4.34. The first kappa shape index (κ1) is 19.8. The molecule has 2 heterocycles. The molecule has 7 heteroatoms. The first-order chi connectivity index (χ1) is 12.5. The van der Waals surface area contributed by atoms with Crippen molar-refractivity contribution in [1.82, 2.24) is 15.1 Å². The van der Waals surface area contributed by atoms with E-state index in [-0.39, 0.29) is 0 Å². The lowest BCUT2D eigenvalue weighted by Gasteiger charge is -2.51. The number of thiol groups is 1. The van der Waals surface area contributed by atoms with Crippen LogP contribution in [0.3, 0.4) is 0 Å². The molecular weight excluding hydrogens is 348 g/mol. The van der Waals surface area contributed by atoms with Crippen molar-refractivity contribution in [2.45, 2.75) is 56.3 Å². The van der Waals surface area contributed by atoms with Crippen LogP contribution >= 0.6 is 0 Å². The topological polar surface area (TPSA) is 78.7 Å². The van der Waals surface area contributed by atoms with E-state index in [9.17, 15) is 0 Å². The highest BCUT2D eigenvalue weighted by atomic mass is 32.2. The molecule has 1 saturated carbocycles. The van der Waals surface area contributed by atoms with E-state index in [0.29, 0.717) is 0 Å². The van der Waals surface area contributed by atoms with E-state index in [2.05, 4.69) is 64.6 Å². The van der Waals surface area contributed by atoms with Gasteiger partial charge in [0.25, 0.3) is 0 Å². The van der Waals surface area contributed by atoms with E-state index in [1.165, 1.54) is 44.5 Å². The van der Waals surface area contributed by atoms with Crippen LogP contribution < -0.4 is 10.5 Å². The molecule has 0 radical (unpaired) electrons. The number of nitrogens with two attached hydrogens (primary N) is 1. The largest absolute Gasteiger partial charge is 0.311 e. The molecule has 3 N–H and O–H groups in total. The second-order valence-corrected chi connectivity index (χ2v) is 8.44. The molecule has 4 atom stereocenters. The van der Waals surface area contributed by atoms with Crippen LogP contribution in [0.15, 0.2) is 30.3 Å². The number of nitrogens with zero attached hydrogens (tertiary/aromatic N) is 2. The third-order valence-corrected chi connectivity index (χ3v) is 6.19. The Morgan fingerprint density at radius 3 is 2.31 bits per heavy atom. The Balaban J connectivity index is 0.000000447. The molecule has 0 aromatic heterocycles. The van der Waals surface area contributed by atoms with Crippen molar-refractivity contribution in [3.8, 4) is 0 Å². The number of hydrogen-bond donors (Lipinski definition) is 3. The summed E-state index contributed by atoms with van der Waals surface area (Å²) < 4.78 is 17.6. The fourth-order valence-corrected chi connectivity index (χ4v) is 4.34. The van der Waals surface area contributed by atoms with Gasteiger partial charge in [-0.05, 0) is 38.8 Å². The van der Waals surface area contributed by atoms with Crippen molar-refractivity contribution in [2.75, 3.05) is 26.7 Å². The molecule has 2 aliphatic heterocycles. The number of likely N-dealkylation sites (tertiary alicyclic amines) is 2. The fraction of sp³-hybridized carbons (Fsp3) is 0.684. The standard InChI is InChI=1S/C19H29N3.H3NO2S/c1-14-19(13-21(14)2)22-10-8-16(9-11-22)20-18-12-17(18)15-6-4-3-5-7-15;1-4(2)3/h3-7,14,16-20H,8-13H2,1-2H3;4H,(H2,1,2,3)/t14?,17-,18+,19?;/m0./s1. The second-order valence-electron chi connectivity index (χ2n) is 7.87. The monoisotopic (exact) mass is 380 g/mol. The van der Waals surface area contributed by atoms with Crippen molar-refractivity contribution in [3.63, 3.8) is 0 Å². The highest BCUT2D eigenvalue weighted by molar-refractivity contribution is 7.69. The Morgan fingerprint density at radius 2 is 1.77 bits per heavy atom. The van der Waals surface area contributed by atoms with Gasteiger partial charge in [-0.25, -0.2) is 13.6 Å². The lowest BCUT2D eigenvalue weighted by molar-refractivity contribution is -0.0146. The summed E-state index contributed by atoms with van der Waals surface area (Å²) in [5.41, 5.74) is 1.52. The maximum absolute atomic E-state index is 8.81. The van der Waals surface area contributed by atoms with Gasteiger partial charge in [-0.2, -0.15) is 0 Å². The van der Waals surface area contributed by atoms with E-state index < -0.39 is 10.9 Å². The summed E-state index contributed by atoms with van der Waals surface area (Å²) in [5, 5.41) is 7.98. The minimum atomic E-state index is -2.62. The number of likely N-dealkylation sites (N-methyl/N-ethyl adjacent to an activating group) is 1. The molecule has 3 aliphatic rings. The predicted octanol–water partition coefficient (Wildman–Crippen LogP) is 0.771. The Morgan fingerprint density at radius 1 is 1.15 bits per heavy atom. The van der Waals surface area contributed by atoms with Crippen molar-refractivity contribution in [2.24, 2.45) is 5.14 Å². The summed E-state index contributed by atoms with van der Waals surface area (Å²) in [4.78, 5) is 5.19. The van der Waals surface area contributed by atoms with Crippen LogP contribution in [0.5, 0.6) is 0 Å². The van der Waals surface area contributed by atoms with Crippen molar-refractivity contribution < 1.29 is 8.42 Å². The van der Waals surface area contributed by atoms with Crippen molar-refractivity contribution in [3.05, 3.63) is 35.9 Å². The van der Waals surface area contributed by atoms with Crippen LogP contribution in [-0.4, -0.2) is 69.1 Å². The molecule has 1 aromatic carbocycles. The Kier molecular flexibility index (Phi) is 6.69.